The van der Waals surface area contributed by atoms with E-state index >= 15 is 0 Å². The molecule has 0 saturated carbocycles. The maximum atomic E-state index is 12.2. The lowest BCUT2D eigenvalue weighted by atomic mass is 10.2. The molecule has 1 amide bonds. The first-order valence-electron chi connectivity index (χ1n) is 6.63. The molecule has 2 aromatic carbocycles. The minimum atomic E-state index is -3.72. The van der Waals surface area contributed by atoms with Gasteiger partial charge in [0.15, 0.2) is 9.84 Å². The molecule has 0 bridgehead atoms. The van der Waals surface area contributed by atoms with Crippen molar-refractivity contribution in [3.05, 3.63) is 58.6 Å². The molecule has 0 spiro atoms. The maximum absolute atomic E-state index is 12.2. The van der Waals surface area contributed by atoms with Gasteiger partial charge in [0.2, 0.25) is 5.91 Å². The lowest BCUT2D eigenvalue weighted by Crippen LogP contribution is -2.23. The van der Waals surface area contributed by atoms with Gasteiger partial charge in [0, 0.05) is 10.7 Å². The Hall–Kier alpha value is -1.85. The van der Waals surface area contributed by atoms with Gasteiger partial charge in [-0.1, -0.05) is 35.4 Å². The molecule has 1 N–H and O–H groups in total. The van der Waals surface area contributed by atoms with Gasteiger partial charge in [-0.05, 0) is 43.7 Å². The van der Waals surface area contributed by atoms with Gasteiger partial charge in [0.25, 0.3) is 0 Å². The Bertz CT molecular complexity index is 799. The second kappa shape index (κ2) is 6.50. The Morgan fingerprint density at radius 2 is 1.73 bits per heavy atom. The highest BCUT2D eigenvalue weighted by atomic mass is 35.5. The number of hydrogen-bond donors (Lipinski definition) is 1. The average molecular weight is 338 g/mol. The highest BCUT2D eigenvalue weighted by molar-refractivity contribution is 7.92. The Morgan fingerprint density at radius 3 is 2.32 bits per heavy atom. The SMILES string of the molecule is Cc1ccc(NC(=O)CS(=O)(=O)c2ccc(C)c(Cl)c2)cc1. The third kappa shape index (κ3) is 4.08. The maximum Gasteiger partial charge on any atom is 0.239 e. The molecule has 0 radical (unpaired) electrons. The van der Waals surface area contributed by atoms with E-state index in [1.807, 2.05) is 19.1 Å². The first-order chi connectivity index (χ1) is 10.3. The second-order valence-corrected chi connectivity index (χ2v) is 7.48. The van der Waals surface area contributed by atoms with E-state index in [1.165, 1.54) is 12.1 Å². The van der Waals surface area contributed by atoms with Gasteiger partial charge in [-0.25, -0.2) is 8.42 Å². The van der Waals surface area contributed by atoms with Crippen LogP contribution in [0.15, 0.2) is 47.4 Å². The van der Waals surface area contributed by atoms with E-state index in [0.29, 0.717) is 10.7 Å². The highest BCUT2D eigenvalue weighted by Crippen LogP contribution is 2.21. The number of sulfone groups is 1. The van der Waals surface area contributed by atoms with Crippen LogP contribution < -0.4 is 5.32 Å². The van der Waals surface area contributed by atoms with Crippen molar-refractivity contribution in [2.75, 3.05) is 11.1 Å². The molecule has 0 saturated heterocycles. The topological polar surface area (TPSA) is 63.2 Å². The fourth-order valence-corrected chi connectivity index (χ4v) is 3.26. The second-order valence-electron chi connectivity index (χ2n) is 5.08. The van der Waals surface area contributed by atoms with Crippen molar-refractivity contribution in [2.24, 2.45) is 0 Å². The standard InChI is InChI=1S/C16H16ClNO3S/c1-11-3-6-13(7-4-11)18-16(19)10-22(20,21)14-8-5-12(2)15(17)9-14/h3-9H,10H2,1-2H3,(H,18,19). The van der Waals surface area contributed by atoms with E-state index < -0.39 is 21.5 Å². The number of carbonyl (C=O) groups is 1. The van der Waals surface area contributed by atoms with Gasteiger partial charge in [-0.2, -0.15) is 0 Å². The fraction of sp³-hybridized carbons (Fsp3) is 0.188. The zero-order valence-electron chi connectivity index (χ0n) is 12.3. The number of amides is 1. The third-order valence-corrected chi connectivity index (χ3v) is 5.18. The van der Waals surface area contributed by atoms with Crippen molar-refractivity contribution in [3.8, 4) is 0 Å². The number of benzene rings is 2. The average Bonchev–Trinajstić information content (AvgIpc) is 2.43. The molecule has 2 aromatic rings. The summed E-state index contributed by atoms with van der Waals surface area (Å²) in [6, 6.07) is 11.6. The van der Waals surface area contributed by atoms with Crippen molar-refractivity contribution < 1.29 is 13.2 Å². The normalized spacial score (nSPS) is 11.2. The third-order valence-electron chi connectivity index (χ3n) is 3.16. The summed E-state index contributed by atoms with van der Waals surface area (Å²) in [4.78, 5) is 12.0. The van der Waals surface area contributed by atoms with Gasteiger partial charge in [-0.3, -0.25) is 4.79 Å². The molecule has 6 heteroatoms. The zero-order chi connectivity index (χ0) is 16.3. The summed E-state index contributed by atoms with van der Waals surface area (Å²) < 4.78 is 24.5. The van der Waals surface area contributed by atoms with Crippen LogP contribution in [0.1, 0.15) is 11.1 Å². The Labute approximate surface area is 135 Å². The lowest BCUT2D eigenvalue weighted by Gasteiger charge is -2.08. The summed E-state index contributed by atoms with van der Waals surface area (Å²) in [6.45, 7) is 3.71. The van der Waals surface area contributed by atoms with E-state index in [0.717, 1.165) is 11.1 Å². The van der Waals surface area contributed by atoms with E-state index in [9.17, 15) is 13.2 Å². The van der Waals surface area contributed by atoms with E-state index in [2.05, 4.69) is 5.32 Å². The molecular weight excluding hydrogens is 322 g/mol. The summed E-state index contributed by atoms with van der Waals surface area (Å²) in [5.41, 5.74) is 2.40. The van der Waals surface area contributed by atoms with Crippen molar-refractivity contribution in [2.45, 2.75) is 18.7 Å². The number of hydrogen-bond acceptors (Lipinski definition) is 3. The van der Waals surface area contributed by atoms with Gasteiger partial charge >= 0.3 is 0 Å². The van der Waals surface area contributed by atoms with Crippen LogP contribution in [0.3, 0.4) is 0 Å². The summed E-state index contributed by atoms with van der Waals surface area (Å²) in [6.07, 6.45) is 0. The van der Waals surface area contributed by atoms with Crippen LogP contribution in [0.4, 0.5) is 5.69 Å². The Balaban J connectivity index is 2.12. The minimum Gasteiger partial charge on any atom is -0.325 e. The summed E-state index contributed by atoms with van der Waals surface area (Å²) in [7, 11) is -3.72. The molecule has 0 aromatic heterocycles. The predicted molar refractivity (Wildman–Crippen MR) is 88.1 cm³/mol. The number of nitrogens with one attached hydrogen (secondary N) is 1. The van der Waals surface area contributed by atoms with Gasteiger partial charge in [0.1, 0.15) is 5.75 Å². The molecular formula is C16H16ClNO3S. The lowest BCUT2D eigenvalue weighted by molar-refractivity contribution is -0.113. The minimum absolute atomic E-state index is 0.0437. The largest absolute Gasteiger partial charge is 0.325 e. The van der Waals surface area contributed by atoms with E-state index in [-0.39, 0.29) is 4.90 Å². The monoisotopic (exact) mass is 337 g/mol. The number of halogens is 1. The first-order valence-corrected chi connectivity index (χ1v) is 8.66. The fourth-order valence-electron chi connectivity index (χ4n) is 1.86. The molecule has 4 nitrogen and oxygen atoms in total. The quantitative estimate of drug-likeness (QED) is 0.930. The van der Waals surface area contributed by atoms with Crippen molar-refractivity contribution in [1.29, 1.82) is 0 Å². The van der Waals surface area contributed by atoms with Crippen LogP contribution in [0.2, 0.25) is 5.02 Å². The molecule has 22 heavy (non-hydrogen) atoms. The van der Waals surface area contributed by atoms with Crippen molar-refractivity contribution in [1.82, 2.24) is 0 Å². The number of rotatable bonds is 4. The highest BCUT2D eigenvalue weighted by Gasteiger charge is 2.20. The molecule has 0 aliphatic carbocycles. The number of aryl methyl sites for hydroxylation is 2. The van der Waals surface area contributed by atoms with Crippen LogP contribution in [0.5, 0.6) is 0 Å². The summed E-state index contributed by atoms with van der Waals surface area (Å²) in [5, 5.41) is 2.93. The molecule has 0 aliphatic heterocycles. The molecule has 0 atom stereocenters. The molecule has 0 fully saturated rings. The van der Waals surface area contributed by atoms with Crippen molar-refractivity contribution in [3.63, 3.8) is 0 Å². The molecule has 0 unspecified atom stereocenters. The molecule has 0 aliphatic rings. The van der Waals surface area contributed by atoms with Crippen molar-refractivity contribution >= 4 is 33.0 Å². The summed E-state index contributed by atoms with van der Waals surface area (Å²) >= 11 is 5.94. The predicted octanol–water partition coefficient (Wildman–Crippen LogP) is 3.37. The first kappa shape index (κ1) is 16.5. The number of carbonyl (C=O) groups excluding carboxylic acids is 1. The smallest absolute Gasteiger partial charge is 0.239 e. The molecule has 2 rings (SSSR count). The van der Waals surface area contributed by atoms with Crippen LogP contribution in [0.25, 0.3) is 0 Å². The van der Waals surface area contributed by atoms with E-state index in [1.54, 1.807) is 25.1 Å². The van der Waals surface area contributed by atoms with Gasteiger partial charge in [-0.15, -0.1) is 0 Å². The van der Waals surface area contributed by atoms with E-state index in [4.69, 9.17) is 11.6 Å². The summed E-state index contributed by atoms with van der Waals surface area (Å²) in [5.74, 6) is -1.21. The van der Waals surface area contributed by atoms with Crippen LogP contribution in [-0.4, -0.2) is 20.1 Å². The molecule has 116 valence electrons. The van der Waals surface area contributed by atoms with Crippen LogP contribution in [0, 0.1) is 13.8 Å². The zero-order valence-corrected chi connectivity index (χ0v) is 13.8. The Morgan fingerprint density at radius 1 is 1.09 bits per heavy atom. The number of anilines is 1. The van der Waals surface area contributed by atoms with Gasteiger partial charge in [0.05, 0.1) is 4.90 Å². The van der Waals surface area contributed by atoms with Crippen LogP contribution in [-0.2, 0) is 14.6 Å². The van der Waals surface area contributed by atoms with Gasteiger partial charge < -0.3 is 5.32 Å². The molecule has 0 heterocycles. The van der Waals surface area contributed by atoms with Crippen LogP contribution >= 0.6 is 11.6 Å². The Kier molecular flexibility index (Phi) is 4.88.